The number of hydrogen-bond acceptors (Lipinski definition) is 0. The van der Waals surface area contributed by atoms with Gasteiger partial charge in [0.2, 0.25) is 0 Å². The molecule has 2 rings (SSSR count). The summed E-state index contributed by atoms with van der Waals surface area (Å²) in [6.07, 6.45) is 17.9. The molecule has 2 aliphatic rings. The van der Waals surface area contributed by atoms with Gasteiger partial charge in [-0.25, -0.2) is 0 Å². The molecule has 2 aliphatic carbocycles. The molecular formula is C20H28. The first kappa shape index (κ1) is 16.5. The van der Waals surface area contributed by atoms with Crippen molar-refractivity contribution < 1.29 is 0 Å². The molecule has 108 valence electrons. The molecule has 0 aromatic heterocycles. The van der Waals surface area contributed by atoms with Crippen molar-refractivity contribution in [1.82, 2.24) is 0 Å². The van der Waals surface area contributed by atoms with Gasteiger partial charge in [0.05, 0.1) is 0 Å². The largest absolute Gasteiger partial charge is 0.0912 e. The zero-order valence-electron chi connectivity index (χ0n) is 13.5. The van der Waals surface area contributed by atoms with Gasteiger partial charge < -0.3 is 0 Å². The molecule has 20 heavy (non-hydrogen) atoms. The predicted octanol–water partition coefficient (Wildman–Crippen LogP) is 6.46. The second kappa shape index (κ2) is 8.58. The van der Waals surface area contributed by atoms with Crippen molar-refractivity contribution in [3.63, 3.8) is 0 Å². The summed E-state index contributed by atoms with van der Waals surface area (Å²) in [5, 5.41) is 0. The average Bonchev–Trinajstić information content (AvgIpc) is 2.51. The van der Waals surface area contributed by atoms with Gasteiger partial charge in [-0.05, 0) is 61.8 Å². The van der Waals surface area contributed by atoms with Crippen LogP contribution in [-0.2, 0) is 0 Å². The van der Waals surface area contributed by atoms with Gasteiger partial charge in [0.25, 0.3) is 0 Å². The molecule has 0 radical (unpaired) electrons. The van der Waals surface area contributed by atoms with E-state index in [-0.39, 0.29) is 0 Å². The van der Waals surface area contributed by atoms with Gasteiger partial charge in [0, 0.05) is 0 Å². The minimum Gasteiger partial charge on any atom is -0.0912 e. The third-order valence-electron chi connectivity index (χ3n) is 3.69. The number of rotatable bonds is 3. The Kier molecular flexibility index (Phi) is 7.08. The average molecular weight is 268 g/mol. The fourth-order valence-corrected chi connectivity index (χ4v) is 2.61. The lowest BCUT2D eigenvalue weighted by molar-refractivity contribution is 0.860. The summed E-state index contributed by atoms with van der Waals surface area (Å²) in [4.78, 5) is 0. The zero-order chi connectivity index (χ0) is 15.0. The Morgan fingerprint density at radius 3 is 2.50 bits per heavy atom. The van der Waals surface area contributed by atoms with Crippen LogP contribution in [0.2, 0.25) is 0 Å². The Morgan fingerprint density at radius 1 is 1.15 bits per heavy atom. The second-order valence-corrected chi connectivity index (χ2v) is 5.05. The highest BCUT2D eigenvalue weighted by Crippen LogP contribution is 2.33. The van der Waals surface area contributed by atoms with Crippen molar-refractivity contribution in [2.75, 3.05) is 0 Å². The Morgan fingerprint density at radius 2 is 1.90 bits per heavy atom. The van der Waals surface area contributed by atoms with Crippen LogP contribution >= 0.6 is 0 Å². The van der Waals surface area contributed by atoms with Crippen LogP contribution in [0.5, 0.6) is 0 Å². The minimum absolute atomic E-state index is 1.14. The van der Waals surface area contributed by atoms with E-state index < -0.39 is 0 Å². The van der Waals surface area contributed by atoms with Crippen LogP contribution in [0.15, 0.2) is 70.9 Å². The molecule has 0 heteroatoms. The van der Waals surface area contributed by atoms with E-state index in [1.165, 1.54) is 48.0 Å². The van der Waals surface area contributed by atoms with E-state index in [0.717, 1.165) is 5.57 Å². The lowest BCUT2D eigenvalue weighted by Gasteiger charge is -2.21. The van der Waals surface area contributed by atoms with Crippen LogP contribution in [0.1, 0.15) is 53.4 Å². The van der Waals surface area contributed by atoms with Crippen LogP contribution in [0.4, 0.5) is 0 Å². The van der Waals surface area contributed by atoms with Gasteiger partial charge in [-0.2, -0.15) is 0 Å². The minimum atomic E-state index is 1.14. The van der Waals surface area contributed by atoms with Gasteiger partial charge >= 0.3 is 0 Å². The summed E-state index contributed by atoms with van der Waals surface area (Å²) in [6, 6.07) is 0. The number of allylic oxidation sites excluding steroid dienone is 11. The Hall–Kier alpha value is -1.56. The quantitative estimate of drug-likeness (QED) is 0.515. The van der Waals surface area contributed by atoms with Crippen molar-refractivity contribution >= 4 is 0 Å². The number of hydrogen-bond donors (Lipinski definition) is 0. The molecule has 0 aromatic carbocycles. The molecule has 0 aromatic rings. The van der Waals surface area contributed by atoms with Crippen molar-refractivity contribution in [3.8, 4) is 0 Å². The molecule has 0 N–H and O–H groups in total. The van der Waals surface area contributed by atoms with Gasteiger partial charge in [-0.1, -0.05) is 62.5 Å². The molecule has 0 heterocycles. The standard InChI is InChI=1S/C18H22.C2H6/c1-4-8-14(2)18-13-17(12-11-15(18)3)16-9-6-5-7-10-16;1-2/h4-6,8-9,13H,2,7,10-12H2,1,3H3;1-2H3/b8-4-;. The Bertz CT molecular complexity index is 490. The summed E-state index contributed by atoms with van der Waals surface area (Å²) >= 11 is 0. The van der Waals surface area contributed by atoms with E-state index in [9.17, 15) is 0 Å². The molecule has 0 spiro atoms. The maximum absolute atomic E-state index is 4.18. The zero-order valence-corrected chi connectivity index (χ0v) is 13.5. The monoisotopic (exact) mass is 268 g/mol. The first-order valence-corrected chi connectivity index (χ1v) is 7.80. The highest BCUT2D eigenvalue weighted by Gasteiger charge is 2.14. The van der Waals surface area contributed by atoms with E-state index in [2.05, 4.69) is 50.0 Å². The highest BCUT2D eigenvalue weighted by molar-refractivity contribution is 5.54. The van der Waals surface area contributed by atoms with Crippen molar-refractivity contribution in [3.05, 3.63) is 70.9 Å². The molecule has 0 saturated carbocycles. The van der Waals surface area contributed by atoms with Gasteiger partial charge in [0.1, 0.15) is 0 Å². The highest BCUT2D eigenvalue weighted by atomic mass is 14.2. The Balaban J connectivity index is 0.000000956. The maximum Gasteiger partial charge on any atom is -0.0198 e. The summed E-state index contributed by atoms with van der Waals surface area (Å²) in [5.41, 5.74) is 6.96. The second-order valence-electron chi connectivity index (χ2n) is 5.05. The molecule has 0 aliphatic heterocycles. The smallest absolute Gasteiger partial charge is 0.0198 e. The predicted molar refractivity (Wildman–Crippen MR) is 91.8 cm³/mol. The van der Waals surface area contributed by atoms with Crippen LogP contribution in [0, 0.1) is 0 Å². The van der Waals surface area contributed by atoms with Crippen LogP contribution < -0.4 is 0 Å². The normalized spacial score (nSPS) is 18.4. The summed E-state index contributed by atoms with van der Waals surface area (Å²) in [6.45, 7) is 12.4. The third-order valence-corrected chi connectivity index (χ3v) is 3.69. The molecule has 0 amide bonds. The molecule has 0 nitrogen and oxygen atoms in total. The summed E-state index contributed by atoms with van der Waals surface area (Å²) < 4.78 is 0. The topological polar surface area (TPSA) is 0 Å². The molecule has 0 unspecified atom stereocenters. The first-order chi connectivity index (χ1) is 9.72. The van der Waals surface area contributed by atoms with E-state index >= 15 is 0 Å². The Labute approximate surface area is 125 Å². The fraction of sp³-hybridized carbons (Fsp3) is 0.400. The SMILES string of the molecule is C=C(/C=C\C)C1=C(C)CCC(C2=CC=CCC2)=C1.CC. The van der Waals surface area contributed by atoms with Crippen molar-refractivity contribution in [2.24, 2.45) is 0 Å². The van der Waals surface area contributed by atoms with Crippen LogP contribution in [0.25, 0.3) is 0 Å². The lowest BCUT2D eigenvalue weighted by Crippen LogP contribution is -2.02. The van der Waals surface area contributed by atoms with E-state index in [4.69, 9.17) is 0 Å². The van der Waals surface area contributed by atoms with Crippen LogP contribution in [0.3, 0.4) is 0 Å². The third kappa shape index (κ3) is 4.23. The van der Waals surface area contributed by atoms with Gasteiger partial charge in [-0.3, -0.25) is 0 Å². The van der Waals surface area contributed by atoms with E-state index in [1.807, 2.05) is 20.8 Å². The first-order valence-electron chi connectivity index (χ1n) is 7.80. The molecule has 0 atom stereocenters. The van der Waals surface area contributed by atoms with E-state index in [1.54, 1.807) is 0 Å². The lowest BCUT2D eigenvalue weighted by atomic mass is 9.84. The molecule has 0 bridgehead atoms. The summed E-state index contributed by atoms with van der Waals surface area (Å²) in [5.74, 6) is 0. The summed E-state index contributed by atoms with van der Waals surface area (Å²) in [7, 11) is 0. The fourth-order valence-electron chi connectivity index (χ4n) is 2.61. The maximum atomic E-state index is 4.18. The van der Waals surface area contributed by atoms with Crippen molar-refractivity contribution in [1.29, 1.82) is 0 Å². The van der Waals surface area contributed by atoms with Gasteiger partial charge in [0.15, 0.2) is 0 Å². The molecule has 0 saturated heterocycles. The van der Waals surface area contributed by atoms with Gasteiger partial charge in [-0.15, -0.1) is 0 Å². The molecule has 0 fully saturated rings. The van der Waals surface area contributed by atoms with E-state index in [0.29, 0.717) is 0 Å². The van der Waals surface area contributed by atoms with Crippen molar-refractivity contribution in [2.45, 2.75) is 53.4 Å². The van der Waals surface area contributed by atoms with Crippen LogP contribution in [-0.4, -0.2) is 0 Å². The molecular weight excluding hydrogens is 240 g/mol.